The van der Waals surface area contributed by atoms with Crippen LogP contribution in [0, 0.1) is 18.7 Å². The van der Waals surface area contributed by atoms with E-state index in [4.69, 9.17) is 14.6 Å². The van der Waals surface area contributed by atoms with Gasteiger partial charge in [-0.3, -0.25) is 0 Å². The van der Waals surface area contributed by atoms with E-state index in [0.717, 1.165) is 4.90 Å². The lowest BCUT2D eigenvalue weighted by molar-refractivity contribution is -0.169. The monoisotopic (exact) mass is 512 g/mol. The van der Waals surface area contributed by atoms with Crippen LogP contribution in [0.15, 0.2) is 24.3 Å². The normalized spacial score (nSPS) is 18.4. The summed E-state index contributed by atoms with van der Waals surface area (Å²) in [5, 5.41) is 11.6. The van der Waals surface area contributed by atoms with E-state index in [2.05, 4.69) is 10.3 Å². The molecule has 36 heavy (non-hydrogen) atoms. The van der Waals surface area contributed by atoms with Crippen molar-refractivity contribution < 1.29 is 36.9 Å². The number of ether oxygens (including phenoxy) is 2. The molecule has 12 heteroatoms. The van der Waals surface area contributed by atoms with Crippen LogP contribution in [-0.4, -0.2) is 79.8 Å². The minimum Gasteiger partial charge on any atom is -0.475 e. The van der Waals surface area contributed by atoms with Crippen LogP contribution < -0.4 is 15.0 Å². The Bertz CT molecular complexity index is 1090. The van der Waals surface area contributed by atoms with E-state index < -0.39 is 30.5 Å². The number of pyridine rings is 1. The van der Waals surface area contributed by atoms with E-state index >= 15 is 0 Å². The second-order valence-electron chi connectivity index (χ2n) is 8.77. The van der Waals surface area contributed by atoms with Gasteiger partial charge in [0.25, 0.3) is 0 Å². The first-order valence-corrected chi connectivity index (χ1v) is 11.7. The van der Waals surface area contributed by atoms with Gasteiger partial charge in [-0.25, -0.2) is 9.18 Å². The lowest BCUT2D eigenvalue weighted by Crippen LogP contribution is -2.36. The molecule has 1 atom stereocenters. The molecule has 2 fully saturated rings. The summed E-state index contributed by atoms with van der Waals surface area (Å²) >= 11 is 0. The fourth-order valence-corrected chi connectivity index (χ4v) is 4.31. The Morgan fingerprint density at radius 2 is 1.97 bits per heavy atom. The Labute approximate surface area is 205 Å². The van der Waals surface area contributed by atoms with Gasteiger partial charge in [-0.2, -0.15) is 18.2 Å². The van der Waals surface area contributed by atoms with E-state index in [1.807, 2.05) is 11.0 Å². The summed E-state index contributed by atoms with van der Waals surface area (Å²) in [6, 6.07) is 5.40. The summed E-state index contributed by atoms with van der Waals surface area (Å²) in [5.41, 5.74) is 1.67. The zero-order valence-electron chi connectivity index (χ0n) is 19.8. The number of morpholine rings is 1. The number of aromatic nitrogens is 1. The molecule has 0 unspecified atom stereocenters. The number of nitrogens with zero attached hydrogens (tertiary/aromatic N) is 3. The summed E-state index contributed by atoms with van der Waals surface area (Å²) in [6.07, 6.45) is -4.57. The number of carbonyl (C=O) groups excluding carboxylic acids is 1. The van der Waals surface area contributed by atoms with Crippen molar-refractivity contribution in [2.24, 2.45) is 5.92 Å². The van der Waals surface area contributed by atoms with Crippen molar-refractivity contribution in [1.82, 2.24) is 9.88 Å². The molecule has 2 N–H and O–H groups in total. The minimum absolute atomic E-state index is 0.0392. The standard InChI is InChI=1S/C24H28F4N4O4/c1-15-10-19(25)20(29-23(34)32-3-2-17(14-32)24(26,27)28)13-18(15)16-11-21(31-4-7-35-8-5-31)30-22(12-16)36-9-6-33/h10-13,17,33H,2-9,14H2,1H3,(H,29,34)/t17-/m0/s1. The van der Waals surface area contributed by atoms with E-state index in [9.17, 15) is 22.4 Å². The first-order valence-electron chi connectivity index (χ1n) is 11.7. The number of halogens is 4. The van der Waals surface area contributed by atoms with Crippen molar-refractivity contribution >= 4 is 17.5 Å². The highest BCUT2D eigenvalue weighted by molar-refractivity contribution is 5.91. The topological polar surface area (TPSA) is 87.2 Å². The number of aliphatic hydroxyl groups excluding tert-OH is 1. The Morgan fingerprint density at radius 3 is 2.64 bits per heavy atom. The molecule has 0 aliphatic carbocycles. The number of nitrogens with one attached hydrogen (secondary N) is 1. The van der Waals surface area contributed by atoms with E-state index in [-0.39, 0.29) is 37.7 Å². The highest BCUT2D eigenvalue weighted by Crippen LogP contribution is 2.35. The van der Waals surface area contributed by atoms with E-state index in [1.54, 1.807) is 13.0 Å². The molecule has 2 amide bonds. The number of anilines is 2. The number of likely N-dealkylation sites (tertiary alicyclic amines) is 1. The van der Waals surface area contributed by atoms with Gasteiger partial charge >= 0.3 is 12.2 Å². The molecule has 196 valence electrons. The number of benzene rings is 1. The third-order valence-corrected chi connectivity index (χ3v) is 6.27. The van der Waals surface area contributed by atoms with Crippen molar-refractivity contribution in [3.05, 3.63) is 35.6 Å². The first kappa shape index (κ1) is 26.0. The molecule has 0 spiro atoms. The number of alkyl halides is 3. The van der Waals surface area contributed by atoms with Gasteiger partial charge in [0, 0.05) is 32.2 Å². The zero-order chi connectivity index (χ0) is 25.9. The number of amides is 2. The SMILES string of the molecule is Cc1cc(F)c(NC(=O)N2CC[C@H](C(F)(F)F)C2)cc1-c1cc(OCCO)nc(N2CCOCC2)c1. The lowest BCUT2D eigenvalue weighted by atomic mass is 10.00. The first-order chi connectivity index (χ1) is 17.2. The second-order valence-corrected chi connectivity index (χ2v) is 8.77. The number of aryl methyl sites for hydroxylation is 1. The molecule has 4 rings (SSSR count). The van der Waals surface area contributed by atoms with Crippen LogP contribution in [0.2, 0.25) is 0 Å². The van der Waals surface area contributed by atoms with Crippen molar-refractivity contribution in [2.75, 3.05) is 62.8 Å². The van der Waals surface area contributed by atoms with Crippen LogP contribution >= 0.6 is 0 Å². The molecule has 3 heterocycles. The molecule has 2 saturated heterocycles. The van der Waals surface area contributed by atoms with Gasteiger partial charge in [-0.1, -0.05) is 0 Å². The highest BCUT2D eigenvalue weighted by Gasteiger charge is 2.44. The largest absolute Gasteiger partial charge is 0.475 e. The van der Waals surface area contributed by atoms with Crippen LogP contribution in [-0.2, 0) is 4.74 Å². The van der Waals surface area contributed by atoms with Gasteiger partial charge in [0.15, 0.2) is 0 Å². The molecule has 2 aromatic rings. The van der Waals surface area contributed by atoms with Gasteiger partial charge < -0.3 is 29.7 Å². The zero-order valence-corrected chi connectivity index (χ0v) is 19.8. The molecule has 1 aromatic heterocycles. The quantitative estimate of drug-likeness (QED) is 0.573. The number of hydrogen-bond acceptors (Lipinski definition) is 6. The van der Waals surface area contributed by atoms with Crippen LogP contribution in [0.4, 0.5) is 33.9 Å². The molecule has 2 aliphatic rings. The van der Waals surface area contributed by atoms with Crippen LogP contribution in [0.25, 0.3) is 11.1 Å². The number of rotatable bonds is 6. The molecule has 0 bridgehead atoms. The fourth-order valence-electron chi connectivity index (χ4n) is 4.31. The molecular weight excluding hydrogens is 484 g/mol. The highest BCUT2D eigenvalue weighted by atomic mass is 19.4. The minimum atomic E-state index is -4.38. The predicted molar refractivity (Wildman–Crippen MR) is 125 cm³/mol. The molecular formula is C24H28F4N4O4. The number of carbonyl (C=O) groups is 1. The summed E-state index contributed by atoms with van der Waals surface area (Å²) < 4.78 is 64.7. The summed E-state index contributed by atoms with van der Waals surface area (Å²) in [7, 11) is 0. The van der Waals surface area contributed by atoms with Crippen LogP contribution in [0.5, 0.6) is 5.88 Å². The van der Waals surface area contributed by atoms with E-state index in [0.29, 0.717) is 48.8 Å². The molecule has 8 nitrogen and oxygen atoms in total. The average Bonchev–Trinajstić information content (AvgIpc) is 3.36. The average molecular weight is 513 g/mol. The summed E-state index contributed by atoms with van der Waals surface area (Å²) in [4.78, 5) is 20.2. The van der Waals surface area contributed by atoms with Crippen molar-refractivity contribution in [3.8, 4) is 17.0 Å². The fraction of sp³-hybridized carbons (Fsp3) is 0.500. The second kappa shape index (κ2) is 10.9. The predicted octanol–water partition coefficient (Wildman–Crippen LogP) is 3.82. The Hall–Kier alpha value is -3.12. The van der Waals surface area contributed by atoms with Gasteiger partial charge in [0.1, 0.15) is 18.2 Å². The smallest absolute Gasteiger partial charge is 0.393 e. The molecule has 1 aromatic carbocycles. The molecule has 0 radical (unpaired) electrons. The van der Waals surface area contributed by atoms with Gasteiger partial charge in [-0.05, 0) is 48.2 Å². The number of hydrogen-bond donors (Lipinski definition) is 2. The Kier molecular flexibility index (Phi) is 7.84. The molecule has 0 saturated carbocycles. The van der Waals surface area contributed by atoms with Gasteiger partial charge in [0.2, 0.25) is 5.88 Å². The van der Waals surface area contributed by atoms with E-state index in [1.165, 1.54) is 12.1 Å². The third kappa shape index (κ3) is 5.98. The summed E-state index contributed by atoms with van der Waals surface area (Å²) in [6.45, 7) is 3.34. The maximum absolute atomic E-state index is 14.8. The number of aliphatic hydroxyl groups is 1. The van der Waals surface area contributed by atoms with Crippen LogP contribution in [0.1, 0.15) is 12.0 Å². The summed E-state index contributed by atoms with van der Waals surface area (Å²) in [5.74, 6) is -1.40. The Balaban J connectivity index is 1.61. The maximum atomic E-state index is 14.8. The van der Waals surface area contributed by atoms with Gasteiger partial charge in [0.05, 0.1) is 31.4 Å². The van der Waals surface area contributed by atoms with Gasteiger partial charge in [-0.15, -0.1) is 0 Å². The third-order valence-electron chi connectivity index (χ3n) is 6.27. The van der Waals surface area contributed by atoms with Crippen LogP contribution in [0.3, 0.4) is 0 Å². The maximum Gasteiger partial charge on any atom is 0.393 e. The van der Waals surface area contributed by atoms with Crippen molar-refractivity contribution in [1.29, 1.82) is 0 Å². The lowest BCUT2D eigenvalue weighted by Gasteiger charge is -2.28. The Morgan fingerprint density at radius 1 is 1.22 bits per heavy atom. The number of urea groups is 1. The van der Waals surface area contributed by atoms with Crippen molar-refractivity contribution in [2.45, 2.75) is 19.5 Å². The van der Waals surface area contributed by atoms with Crippen molar-refractivity contribution in [3.63, 3.8) is 0 Å². The molecule has 2 aliphatic heterocycles.